The van der Waals surface area contributed by atoms with Gasteiger partial charge in [-0.3, -0.25) is 14.2 Å². The largest absolute Gasteiger partial charge is 0.356 e. The summed E-state index contributed by atoms with van der Waals surface area (Å²) in [5.74, 6) is 1.83. The van der Waals surface area contributed by atoms with Crippen LogP contribution in [0.3, 0.4) is 0 Å². The van der Waals surface area contributed by atoms with Gasteiger partial charge >= 0.3 is 0 Å². The number of Topliss-reactive ketones (excluding diaryl/α,β-unsaturated/α-hetero) is 1. The predicted molar refractivity (Wildman–Crippen MR) is 145 cm³/mol. The molecule has 6 nitrogen and oxygen atoms in total. The van der Waals surface area contributed by atoms with Crippen LogP contribution >= 0.6 is 11.8 Å². The maximum Gasteiger partial charge on any atom is 0.216 e. The molecule has 1 saturated carbocycles. The summed E-state index contributed by atoms with van der Waals surface area (Å²) in [5, 5.41) is 12.4. The van der Waals surface area contributed by atoms with Crippen LogP contribution in [0, 0.1) is 13.8 Å². The van der Waals surface area contributed by atoms with E-state index in [0.29, 0.717) is 29.8 Å². The minimum Gasteiger partial charge on any atom is -0.356 e. The number of nitrogens with one attached hydrogen (secondary N) is 1. The van der Waals surface area contributed by atoms with E-state index in [9.17, 15) is 9.59 Å². The molecular formula is C29H36N4O2S. The first-order valence-corrected chi connectivity index (χ1v) is 13.9. The normalized spacial score (nSPS) is 14.1. The lowest BCUT2D eigenvalue weighted by Gasteiger charge is -2.22. The number of amides is 1. The number of carbonyl (C=O) groups is 2. The molecule has 3 aromatic rings. The molecule has 1 aliphatic carbocycles. The minimum absolute atomic E-state index is 0.0350. The highest BCUT2D eigenvalue weighted by Crippen LogP contribution is 2.33. The number of ketones is 1. The lowest BCUT2D eigenvalue weighted by molar-refractivity contribution is -0.118. The van der Waals surface area contributed by atoms with Gasteiger partial charge in [0, 0.05) is 31.1 Å². The highest BCUT2D eigenvalue weighted by molar-refractivity contribution is 7.99. The second-order valence-corrected chi connectivity index (χ2v) is 10.7. The van der Waals surface area contributed by atoms with Crippen LogP contribution in [-0.2, 0) is 11.2 Å². The maximum absolute atomic E-state index is 13.0. The maximum atomic E-state index is 13.0. The molecule has 7 heteroatoms. The van der Waals surface area contributed by atoms with Crippen LogP contribution in [0.5, 0.6) is 0 Å². The number of aromatic nitrogens is 3. The summed E-state index contributed by atoms with van der Waals surface area (Å²) in [5.41, 5.74) is 5.51. The van der Waals surface area contributed by atoms with E-state index in [2.05, 4.69) is 59.7 Å². The van der Waals surface area contributed by atoms with Crippen LogP contribution in [0.1, 0.15) is 84.2 Å². The fraction of sp³-hybridized carbons (Fsp3) is 0.448. The molecule has 0 aliphatic heterocycles. The van der Waals surface area contributed by atoms with Gasteiger partial charge in [-0.05, 0) is 67.9 Å². The molecule has 1 fully saturated rings. The summed E-state index contributed by atoms with van der Waals surface area (Å²) >= 11 is 1.42. The fourth-order valence-electron chi connectivity index (χ4n) is 4.78. The number of rotatable bonds is 10. The van der Waals surface area contributed by atoms with Crippen molar-refractivity contribution in [1.29, 1.82) is 0 Å². The van der Waals surface area contributed by atoms with Gasteiger partial charge in [0.2, 0.25) is 5.91 Å². The second kappa shape index (κ2) is 12.3. The number of hydrogen-bond donors (Lipinski definition) is 1. The summed E-state index contributed by atoms with van der Waals surface area (Å²) in [6.07, 6.45) is 7.90. The van der Waals surface area contributed by atoms with Gasteiger partial charge in [-0.15, -0.1) is 10.2 Å². The van der Waals surface area contributed by atoms with E-state index in [-0.39, 0.29) is 11.7 Å². The standard InChI is InChI=1S/C29H36N4O2S/c1-20-11-16-26(18-21(20)2)33-28(10-7-17-30-22(3)34)31-32-29(33)36-19-27(35)25-14-12-24(13-15-25)23-8-5-4-6-9-23/h11-16,18,23H,4-10,17,19H2,1-3H3,(H,30,34). The Bertz CT molecular complexity index is 1200. The molecule has 0 atom stereocenters. The van der Waals surface area contributed by atoms with E-state index >= 15 is 0 Å². The van der Waals surface area contributed by atoms with Gasteiger partial charge < -0.3 is 5.32 Å². The Labute approximate surface area is 218 Å². The Morgan fingerprint density at radius 3 is 2.44 bits per heavy atom. The average Bonchev–Trinajstić information content (AvgIpc) is 3.30. The van der Waals surface area contributed by atoms with Crippen molar-refractivity contribution in [2.24, 2.45) is 0 Å². The van der Waals surface area contributed by atoms with Crippen LogP contribution in [0.15, 0.2) is 47.6 Å². The van der Waals surface area contributed by atoms with E-state index in [4.69, 9.17) is 0 Å². The molecule has 0 bridgehead atoms. The van der Waals surface area contributed by atoms with Gasteiger partial charge in [0.15, 0.2) is 10.9 Å². The third-order valence-corrected chi connectivity index (χ3v) is 7.97. The highest BCUT2D eigenvalue weighted by Gasteiger charge is 2.18. The van der Waals surface area contributed by atoms with Crippen molar-refractivity contribution in [2.45, 2.75) is 76.8 Å². The molecule has 0 radical (unpaired) electrons. The SMILES string of the molecule is CC(=O)NCCCc1nnc(SCC(=O)c2ccc(C3CCCCC3)cc2)n1-c1ccc(C)c(C)c1. The van der Waals surface area contributed by atoms with Gasteiger partial charge in [-0.2, -0.15) is 0 Å². The molecule has 2 aromatic carbocycles. The number of hydrogen-bond acceptors (Lipinski definition) is 5. The molecular weight excluding hydrogens is 468 g/mol. The Hall–Kier alpha value is -2.93. The fourth-order valence-corrected chi connectivity index (χ4v) is 5.65. The van der Waals surface area contributed by atoms with Crippen LogP contribution in [-0.4, -0.2) is 38.8 Å². The Morgan fingerprint density at radius 1 is 1.00 bits per heavy atom. The van der Waals surface area contributed by atoms with Gasteiger partial charge in [-0.1, -0.05) is 61.4 Å². The summed E-state index contributed by atoms with van der Waals surface area (Å²) in [7, 11) is 0. The molecule has 1 aliphatic rings. The van der Waals surface area contributed by atoms with Gasteiger partial charge in [0.05, 0.1) is 5.75 Å². The molecule has 1 heterocycles. The third-order valence-electron chi connectivity index (χ3n) is 7.04. The average molecular weight is 505 g/mol. The van der Waals surface area contributed by atoms with E-state index in [1.807, 2.05) is 16.7 Å². The Kier molecular flexibility index (Phi) is 8.97. The summed E-state index contributed by atoms with van der Waals surface area (Å²) < 4.78 is 2.05. The third kappa shape index (κ3) is 6.64. The van der Waals surface area contributed by atoms with Crippen molar-refractivity contribution in [3.05, 3.63) is 70.5 Å². The smallest absolute Gasteiger partial charge is 0.216 e. The van der Waals surface area contributed by atoms with Crippen molar-refractivity contribution in [2.75, 3.05) is 12.3 Å². The Balaban J connectivity index is 1.47. The number of benzene rings is 2. The lowest BCUT2D eigenvalue weighted by atomic mass is 9.84. The minimum atomic E-state index is -0.0350. The molecule has 36 heavy (non-hydrogen) atoms. The van der Waals surface area contributed by atoms with Crippen molar-refractivity contribution in [1.82, 2.24) is 20.1 Å². The van der Waals surface area contributed by atoms with Crippen LogP contribution in [0.4, 0.5) is 0 Å². The number of carbonyl (C=O) groups excluding carboxylic acids is 2. The van der Waals surface area contributed by atoms with E-state index in [1.165, 1.54) is 67.5 Å². The Morgan fingerprint density at radius 2 is 1.75 bits per heavy atom. The predicted octanol–water partition coefficient (Wildman–Crippen LogP) is 5.98. The molecule has 1 aromatic heterocycles. The zero-order chi connectivity index (χ0) is 25.5. The van der Waals surface area contributed by atoms with Crippen molar-refractivity contribution < 1.29 is 9.59 Å². The number of thioether (sulfide) groups is 1. The van der Waals surface area contributed by atoms with E-state index < -0.39 is 0 Å². The molecule has 1 amide bonds. The van der Waals surface area contributed by atoms with Gasteiger partial charge in [-0.25, -0.2) is 0 Å². The first-order valence-electron chi connectivity index (χ1n) is 12.9. The highest BCUT2D eigenvalue weighted by atomic mass is 32.2. The second-order valence-electron chi connectivity index (χ2n) is 9.76. The van der Waals surface area contributed by atoms with Crippen LogP contribution < -0.4 is 5.32 Å². The van der Waals surface area contributed by atoms with Gasteiger partial charge in [0.1, 0.15) is 5.82 Å². The van der Waals surface area contributed by atoms with Crippen LogP contribution in [0.2, 0.25) is 0 Å². The van der Waals surface area contributed by atoms with Gasteiger partial charge in [0.25, 0.3) is 0 Å². The van der Waals surface area contributed by atoms with E-state index in [0.717, 1.165) is 23.5 Å². The zero-order valence-electron chi connectivity index (χ0n) is 21.5. The molecule has 1 N–H and O–H groups in total. The quantitative estimate of drug-likeness (QED) is 0.209. The molecule has 0 spiro atoms. The molecule has 190 valence electrons. The lowest BCUT2D eigenvalue weighted by Crippen LogP contribution is -2.21. The first kappa shape index (κ1) is 26.1. The zero-order valence-corrected chi connectivity index (χ0v) is 22.4. The van der Waals surface area contributed by atoms with Crippen molar-refractivity contribution in [3.8, 4) is 5.69 Å². The van der Waals surface area contributed by atoms with E-state index in [1.54, 1.807) is 0 Å². The van der Waals surface area contributed by atoms with Crippen molar-refractivity contribution in [3.63, 3.8) is 0 Å². The molecule has 0 saturated heterocycles. The first-order chi connectivity index (χ1) is 17.4. The molecule has 0 unspecified atom stereocenters. The number of aryl methyl sites for hydroxylation is 3. The summed E-state index contributed by atoms with van der Waals surface area (Å²) in [4.78, 5) is 24.2. The van der Waals surface area contributed by atoms with Crippen LogP contribution in [0.25, 0.3) is 5.69 Å². The number of nitrogens with zero attached hydrogens (tertiary/aromatic N) is 3. The summed E-state index contributed by atoms with van der Waals surface area (Å²) in [6.45, 7) is 6.29. The topological polar surface area (TPSA) is 76.9 Å². The monoisotopic (exact) mass is 504 g/mol. The molecule has 4 rings (SSSR count). The summed E-state index contributed by atoms with van der Waals surface area (Å²) in [6, 6.07) is 14.5. The van der Waals surface area contributed by atoms with Crippen molar-refractivity contribution >= 4 is 23.5 Å².